The smallest absolute Gasteiger partial charge is 0.387 e. The molecule has 0 amide bonds. The van der Waals surface area contributed by atoms with E-state index in [2.05, 4.69) is 17.7 Å². The van der Waals surface area contributed by atoms with Gasteiger partial charge in [0.25, 0.3) is 0 Å². The lowest BCUT2D eigenvalue weighted by molar-refractivity contribution is -0.0497. The molecule has 1 fully saturated rings. The van der Waals surface area contributed by atoms with Crippen molar-refractivity contribution in [1.29, 1.82) is 5.26 Å². The Morgan fingerprint density at radius 3 is 2.36 bits per heavy atom. The molecule has 146 valence electrons. The number of nitrogen functional groups attached to an aromatic ring is 1. The molecule has 0 aliphatic heterocycles. The molecule has 1 aromatic heterocycles. The summed E-state index contributed by atoms with van der Waals surface area (Å²) in [7, 11) is 0. The number of rotatable bonds is 4. The summed E-state index contributed by atoms with van der Waals surface area (Å²) in [5.74, 6) is 1.15. The molecule has 28 heavy (non-hydrogen) atoms. The maximum atomic E-state index is 12.5. The van der Waals surface area contributed by atoms with Gasteiger partial charge in [0.1, 0.15) is 11.8 Å². The van der Waals surface area contributed by atoms with Crippen LogP contribution in [0.2, 0.25) is 0 Å². The van der Waals surface area contributed by atoms with Crippen LogP contribution in [-0.4, -0.2) is 11.2 Å². The molecule has 2 N–H and O–H groups in total. The molecule has 0 atom stereocenters. The fourth-order valence-corrected chi connectivity index (χ4v) is 3.05. The van der Waals surface area contributed by atoms with Gasteiger partial charge >= 0.3 is 6.61 Å². The fourth-order valence-electron chi connectivity index (χ4n) is 3.05. The average molecular weight is 383 g/mol. The van der Waals surface area contributed by atoms with Crippen LogP contribution < -0.4 is 10.5 Å². The second kappa shape index (κ2) is 8.30. The van der Waals surface area contributed by atoms with Crippen molar-refractivity contribution in [2.24, 2.45) is 5.92 Å². The minimum atomic E-state index is -2.89. The van der Waals surface area contributed by atoms with Crippen molar-refractivity contribution >= 4 is 16.6 Å². The van der Waals surface area contributed by atoms with Crippen molar-refractivity contribution in [2.45, 2.75) is 39.8 Å². The van der Waals surface area contributed by atoms with E-state index in [1.54, 1.807) is 18.2 Å². The van der Waals surface area contributed by atoms with E-state index in [1.807, 2.05) is 23.6 Å². The molecule has 4 nitrogen and oxygen atoms in total. The third kappa shape index (κ3) is 4.25. The van der Waals surface area contributed by atoms with Crippen LogP contribution in [0.15, 0.2) is 42.5 Å². The highest BCUT2D eigenvalue weighted by Gasteiger charge is 2.19. The number of aromatic nitrogens is 1. The van der Waals surface area contributed by atoms with Gasteiger partial charge in [-0.3, -0.25) is 0 Å². The highest BCUT2D eigenvalue weighted by molar-refractivity contribution is 5.95. The van der Waals surface area contributed by atoms with Gasteiger partial charge in [-0.1, -0.05) is 31.9 Å². The number of ether oxygens (including phenoxy) is 1. The van der Waals surface area contributed by atoms with Crippen LogP contribution in [0.4, 0.5) is 14.5 Å². The van der Waals surface area contributed by atoms with E-state index in [0.717, 1.165) is 17.2 Å². The van der Waals surface area contributed by atoms with Crippen molar-refractivity contribution in [3.63, 3.8) is 0 Å². The third-order valence-corrected chi connectivity index (χ3v) is 4.74. The predicted octanol–water partition coefficient (Wildman–Crippen LogP) is 5.80. The first kappa shape index (κ1) is 19.7. The van der Waals surface area contributed by atoms with Crippen molar-refractivity contribution in [2.75, 3.05) is 5.73 Å². The maximum Gasteiger partial charge on any atom is 0.387 e. The van der Waals surface area contributed by atoms with E-state index < -0.39 is 6.61 Å². The molecule has 3 aromatic rings. The second-order valence-corrected chi connectivity index (χ2v) is 6.94. The first-order valence-electron chi connectivity index (χ1n) is 9.31. The molecular formula is C22H23F2N3O. The first-order chi connectivity index (χ1) is 13.4. The Balaban J connectivity index is 0.000000500. The van der Waals surface area contributed by atoms with E-state index >= 15 is 0 Å². The lowest BCUT2D eigenvalue weighted by atomic mass is 10.1. The molecule has 0 unspecified atom stereocenters. The highest BCUT2D eigenvalue weighted by atomic mass is 19.3. The highest BCUT2D eigenvalue weighted by Crippen LogP contribution is 2.35. The van der Waals surface area contributed by atoms with Crippen LogP contribution in [0.3, 0.4) is 0 Å². The summed E-state index contributed by atoms with van der Waals surface area (Å²) in [6.07, 6.45) is 2.97. The number of hydrogen-bond donors (Lipinski definition) is 1. The van der Waals surface area contributed by atoms with Crippen LogP contribution in [0.5, 0.6) is 5.75 Å². The zero-order valence-corrected chi connectivity index (χ0v) is 16.0. The Bertz CT molecular complexity index is 999. The van der Waals surface area contributed by atoms with Gasteiger partial charge in [0.15, 0.2) is 0 Å². The predicted molar refractivity (Wildman–Crippen MR) is 107 cm³/mol. The Hall–Kier alpha value is -3.07. The Kier molecular flexibility index (Phi) is 5.84. The number of hydrogen-bond acceptors (Lipinski definition) is 3. The number of anilines is 1. The number of aryl methyl sites for hydroxylation is 1. The van der Waals surface area contributed by atoms with Crippen LogP contribution in [0, 0.1) is 17.2 Å². The SMILES string of the molecule is CC1CC1.CCn1c(-c2ccc(N)cc2)c(C#N)c2ccc(OC(F)F)cc21. The summed E-state index contributed by atoms with van der Waals surface area (Å²) in [4.78, 5) is 0. The zero-order valence-electron chi connectivity index (χ0n) is 16.0. The molecule has 1 aliphatic carbocycles. The van der Waals surface area contributed by atoms with Gasteiger partial charge in [-0.15, -0.1) is 0 Å². The standard InChI is InChI=1S/C18H15F2N3O.C4H8/c1-2-23-16-9-13(24-18(19)20)7-8-14(16)15(10-21)17(23)11-3-5-12(22)6-4-11;1-4-2-3-4/h3-9,18H,2,22H2,1H3;4H,2-3H2,1H3. The maximum absolute atomic E-state index is 12.5. The quantitative estimate of drug-likeness (QED) is 0.579. The Morgan fingerprint density at radius 1 is 1.21 bits per heavy atom. The van der Waals surface area contributed by atoms with Crippen LogP contribution in [0.1, 0.15) is 32.3 Å². The van der Waals surface area contributed by atoms with E-state index in [9.17, 15) is 14.0 Å². The molecule has 1 aliphatic rings. The molecule has 6 heteroatoms. The van der Waals surface area contributed by atoms with Gasteiger partial charge in [-0.05, 0) is 42.7 Å². The number of nitriles is 1. The first-order valence-corrected chi connectivity index (χ1v) is 9.31. The molecule has 2 aromatic carbocycles. The number of halogens is 2. The van der Waals surface area contributed by atoms with Crippen molar-refractivity contribution in [3.05, 3.63) is 48.0 Å². The lowest BCUT2D eigenvalue weighted by Gasteiger charge is -2.10. The number of benzene rings is 2. The number of nitrogens with zero attached hydrogens (tertiary/aromatic N) is 2. The van der Waals surface area contributed by atoms with Crippen molar-refractivity contribution in [1.82, 2.24) is 4.57 Å². The summed E-state index contributed by atoms with van der Waals surface area (Å²) < 4.78 is 31.3. The second-order valence-electron chi connectivity index (χ2n) is 6.94. The Morgan fingerprint density at radius 2 is 1.86 bits per heavy atom. The number of fused-ring (bicyclic) bond motifs is 1. The van der Waals surface area contributed by atoms with Gasteiger partial charge < -0.3 is 15.0 Å². The van der Waals surface area contributed by atoms with Crippen molar-refractivity contribution in [3.8, 4) is 23.1 Å². The van der Waals surface area contributed by atoms with Gasteiger partial charge in [-0.2, -0.15) is 14.0 Å². The molecular weight excluding hydrogens is 360 g/mol. The van der Waals surface area contributed by atoms with E-state index in [1.165, 1.54) is 25.0 Å². The van der Waals surface area contributed by atoms with Crippen LogP contribution >= 0.6 is 0 Å². The van der Waals surface area contributed by atoms with E-state index in [0.29, 0.717) is 28.7 Å². The fraction of sp³-hybridized carbons (Fsp3) is 0.318. The summed E-state index contributed by atoms with van der Waals surface area (Å²) >= 11 is 0. The molecule has 0 spiro atoms. The summed E-state index contributed by atoms with van der Waals surface area (Å²) in [6, 6.07) is 14.1. The number of nitrogens with two attached hydrogens (primary N) is 1. The molecule has 1 saturated carbocycles. The van der Waals surface area contributed by atoms with Crippen LogP contribution in [0.25, 0.3) is 22.2 Å². The summed E-state index contributed by atoms with van der Waals surface area (Å²) in [6.45, 7) is 1.90. The van der Waals surface area contributed by atoms with Crippen LogP contribution in [-0.2, 0) is 6.54 Å². The minimum Gasteiger partial charge on any atom is -0.435 e. The van der Waals surface area contributed by atoms with E-state index in [4.69, 9.17) is 5.73 Å². The van der Waals surface area contributed by atoms with Gasteiger partial charge in [0, 0.05) is 23.7 Å². The monoisotopic (exact) mass is 383 g/mol. The summed E-state index contributed by atoms with van der Waals surface area (Å²) in [5, 5.41) is 10.3. The van der Waals surface area contributed by atoms with Crippen molar-refractivity contribution < 1.29 is 13.5 Å². The molecule has 4 rings (SSSR count). The number of alkyl halides is 2. The normalized spacial score (nSPS) is 13.1. The average Bonchev–Trinajstić information content (AvgIpc) is 3.39. The zero-order chi connectivity index (χ0) is 20.3. The molecule has 0 bridgehead atoms. The van der Waals surface area contributed by atoms with E-state index in [-0.39, 0.29) is 5.75 Å². The largest absolute Gasteiger partial charge is 0.435 e. The topological polar surface area (TPSA) is 64.0 Å². The molecule has 1 heterocycles. The molecule has 0 saturated heterocycles. The van der Waals surface area contributed by atoms with Gasteiger partial charge in [0.2, 0.25) is 0 Å². The summed E-state index contributed by atoms with van der Waals surface area (Å²) in [5.41, 5.74) is 9.12. The minimum absolute atomic E-state index is 0.0676. The van der Waals surface area contributed by atoms with Gasteiger partial charge in [-0.25, -0.2) is 0 Å². The lowest BCUT2D eigenvalue weighted by Crippen LogP contribution is -2.02. The molecule has 0 radical (unpaired) electrons. The third-order valence-electron chi connectivity index (χ3n) is 4.74. The van der Waals surface area contributed by atoms with Gasteiger partial charge in [0.05, 0.1) is 16.8 Å². The Labute approximate surface area is 163 Å².